The minimum atomic E-state index is 0.554. The van der Waals surface area contributed by atoms with Gasteiger partial charge in [0, 0.05) is 32.2 Å². The molecule has 0 aromatic carbocycles. The summed E-state index contributed by atoms with van der Waals surface area (Å²) in [6.45, 7) is 7.53. The number of piperazine rings is 1. The highest BCUT2D eigenvalue weighted by Crippen LogP contribution is 2.15. The van der Waals surface area contributed by atoms with Crippen LogP contribution in [0.25, 0.3) is 0 Å². The van der Waals surface area contributed by atoms with E-state index in [-0.39, 0.29) is 0 Å². The topological polar surface area (TPSA) is 50.1 Å². The molecule has 16 heavy (non-hydrogen) atoms. The van der Waals surface area contributed by atoms with Gasteiger partial charge in [-0.2, -0.15) is 0 Å². The zero-order valence-corrected chi connectivity index (χ0v) is 10.5. The second-order valence-electron chi connectivity index (χ2n) is 4.79. The summed E-state index contributed by atoms with van der Waals surface area (Å²) in [6, 6.07) is 1.15. The quantitative estimate of drug-likeness (QED) is 0.692. The molecule has 0 radical (unpaired) electrons. The molecule has 90 valence electrons. The van der Waals surface area contributed by atoms with Gasteiger partial charge in [0.05, 0.1) is 6.54 Å². The van der Waals surface area contributed by atoms with E-state index in [9.17, 15) is 0 Å². The summed E-state index contributed by atoms with van der Waals surface area (Å²) in [4.78, 5) is 4.84. The van der Waals surface area contributed by atoms with Crippen molar-refractivity contribution in [1.29, 1.82) is 0 Å². The lowest BCUT2D eigenvalue weighted by Crippen LogP contribution is -2.54. The molecule has 6 nitrogen and oxygen atoms in total. The molecule has 0 spiro atoms. The van der Waals surface area contributed by atoms with Crippen molar-refractivity contribution < 1.29 is 0 Å². The number of aromatic nitrogens is 4. The molecule has 0 aliphatic carbocycles. The summed E-state index contributed by atoms with van der Waals surface area (Å²) in [5.41, 5.74) is 0. The molecule has 1 fully saturated rings. The van der Waals surface area contributed by atoms with Gasteiger partial charge < -0.3 is 4.90 Å². The van der Waals surface area contributed by atoms with E-state index < -0.39 is 0 Å². The predicted molar refractivity (Wildman–Crippen MR) is 60.8 cm³/mol. The van der Waals surface area contributed by atoms with E-state index in [0.717, 1.165) is 25.5 Å². The Morgan fingerprint density at radius 3 is 2.56 bits per heavy atom. The molecular weight excluding hydrogens is 204 g/mol. The molecule has 2 atom stereocenters. The fourth-order valence-corrected chi connectivity index (χ4v) is 2.15. The molecule has 1 aromatic rings. The Balaban J connectivity index is 2.02. The normalized spacial score (nSPS) is 28.5. The number of hydrogen-bond donors (Lipinski definition) is 0. The summed E-state index contributed by atoms with van der Waals surface area (Å²) in [6.07, 6.45) is 0. The molecule has 1 saturated heterocycles. The second kappa shape index (κ2) is 4.47. The van der Waals surface area contributed by atoms with Crippen LogP contribution in [-0.2, 0) is 13.6 Å². The first-order valence-electron chi connectivity index (χ1n) is 5.73. The third-order valence-corrected chi connectivity index (χ3v) is 3.48. The van der Waals surface area contributed by atoms with Crippen molar-refractivity contribution in [2.45, 2.75) is 32.5 Å². The summed E-state index contributed by atoms with van der Waals surface area (Å²) in [5, 5.41) is 11.6. The maximum absolute atomic E-state index is 4.03. The van der Waals surface area contributed by atoms with Gasteiger partial charge >= 0.3 is 0 Å². The van der Waals surface area contributed by atoms with Crippen molar-refractivity contribution >= 4 is 0 Å². The highest BCUT2D eigenvalue weighted by atomic mass is 15.5. The van der Waals surface area contributed by atoms with E-state index in [1.807, 2.05) is 7.05 Å². The third-order valence-electron chi connectivity index (χ3n) is 3.48. The molecule has 0 N–H and O–H groups in total. The minimum absolute atomic E-state index is 0.554. The summed E-state index contributed by atoms with van der Waals surface area (Å²) < 4.78 is 1.75. The van der Waals surface area contributed by atoms with Crippen molar-refractivity contribution in [2.75, 3.05) is 20.1 Å². The Labute approximate surface area is 96.2 Å². The zero-order valence-electron chi connectivity index (χ0n) is 10.5. The summed E-state index contributed by atoms with van der Waals surface area (Å²) in [7, 11) is 4.07. The van der Waals surface area contributed by atoms with Crippen LogP contribution < -0.4 is 0 Å². The third kappa shape index (κ3) is 2.22. The van der Waals surface area contributed by atoms with Crippen molar-refractivity contribution in [3.8, 4) is 0 Å². The molecule has 2 rings (SSSR count). The van der Waals surface area contributed by atoms with Crippen LogP contribution in [0, 0.1) is 0 Å². The van der Waals surface area contributed by atoms with E-state index in [1.165, 1.54) is 0 Å². The molecule has 2 heterocycles. The minimum Gasteiger partial charge on any atom is -0.301 e. The van der Waals surface area contributed by atoms with Crippen molar-refractivity contribution in [2.24, 2.45) is 7.05 Å². The number of aryl methyl sites for hydroxylation is 1. The Hall–Kier alpha value is -1.01. The van der Waals surface area contributed by atoms with E-state index in [4.69, 9.17) is 0 Å². The van der Waals surface area contributed by atoms with Crippen molar-refractivity contribution in [1.82, 2.24) is 30.0 Å². The number of tetrazole rings is 1. The van der Waals surface area contributed by atoms with Gasteiger partial charge in [0.15, 0.2) is 5.82 Å². The Morgan fingerprint density at radius 2 is 1.94 bits per heavy atom. The summed E-state index contributed by atoms with van der Waals surface area (Å²) >= 11 is 0. The van der Waals surface area contributed by atoms with Crippen LogP contribution in [0.15, 0.2) is 0 Å². The van der Waals surface area contributed by atoms with Gasteiger partial charge in [-0.25, -0.2) is 4.68 Å². The highest BCUT2D eigenvalue weighted by Gasteiger charge is 2.27. The number of rotatable bonds is 2. The average molecular weight is 224 g/mol. The lowest BCUT2D eigenvalue weighted by molar-refractivity contribution is 0.0519. The summed E-state index contributed by atoms with van der Waals surface area (Å²) in [5.74, 6) is 0.934. The number of hydrogen-bond acceptors (Lipinski definition) is 5. The maximum Gasteiger partial charge on any atom is 0.164 e. The highest BCUT2D eigenvalue weighted by molar-refractivity contribution is 4.87. The first kappa shape index (κ1) is 11.5. The fraction of sp³-hybridized carbons (Fsp3) is 0.900. The van der Waals surface area contributed by atoms with Crippen LogP contribution in [0.2, 0.25) is 0 Å². The van der Waals surface area contributed by atoms with Crippen LogP contribution in [-0.4, -0.2) is 62.2 Å². The van der Waals surface area contributed by atoms with Crippen LogP contribution in [0.4, 0.5) is 0 Å². The van der Waals surface area contributed by atoms with Gasteiger partial charge in [0.1, 0.15) is 0 Å². The van der Waals surface area contributed by atoms with Gasteiger partial charge in [-0.15, -0.1) is 5.10 Å². The van der Waals surface area contributed by atoms with Crippen LogP contribution in [0.1, 0.15) is 19.7 Å². The van der Waals surface area contributed by atoms with Gasteiger partial charge in [-0.3, -0.25) is 4.90 Å². The number of nitrogens with zero attached hydrogens (tertiary/aromatic N) is 6. The fourth-order valence-electron chi connectivity index (χ4n) is 2.15. The van der Waals surface area contributed by atoms with Crippen molar-refractivity contribution in [3.05, 3.63) is 5.82 Å². The number of likely N-dealkylation sites (N-methyl/N-ethyl adjacent to an activating group) is 1. The SMILES string of the molecule is CC1CN(Cc2nnnn2C)C(C)CN1C. The van der Waals surface area contributed by atoms with Crippen LogP contribution in [0.3, 0.4) is 0 Å². The molecule has 1 aliphatic heterocycles. The largest absolute Gasteiger partial charge is 0.301 e. The van der Waals surface area contributed by atoms with E-state index in [2.05, 4.69) is 46.2 Å². The van der Waals surface area contributed by atoms with E-state index in [1.54, 1.807) is 4.68 Å². The predicted octanol–water partition coefficient (Wildman–Crippen LogP) is -0.265. The molecule has 6 heteroatoms. The Morgan fingerprint density at radius 1 is 1.19 bits per heavy atom. The molecule has 1 aromatic heterocycles. The van der Waals surface area contributed by atoms with Crippen LogP contribution >= 0.6 is 0 Å². The second-order valence-corrected chi connectivity index (χ2v) is 4.79. The van der Waals surface area contributed by atoms with Crippen LogP contribution in [0.5, 0.6) is 0 Å². The Bertz CT molecular complexity index is 349. The first-order chi connectivity index (χ1) is 7.58. The van der Waals surface area contributed by atoms with E-state index >= 15 is 0 Å². The lowest BCUT2D eigenvalue weighted by atomic mass is 10.1. The van der Waals surface area contributed by atoms with Gasteiger partial charge in [-0.1, -0.05) is 0 Å². The molecule has 0 amide bonds. The van der Waals surface area contributed by atoms with E-state index in [0.29, 0.717) is 12.1 Å². The average Bonchev–Trinajstić information content (AvgIpc) is 2.61. The monoisotopic (exact) mass is 224 g/mol. The first-order valence-corrected chi connectivity index (χ1v) is 5.73. The van der Waals surface area contributed by atoms with Crippen molar-refractivity contribution in [3.63, 3.8) is 0 Å². The van der Waals surface area contributed by atoms with Gasteiger partial charge in [0.25, 0.3) is 0 Å². The zero-order chi connectivity index (χ0) is 11.7. The maximum atomic E-state index is 4.03. The molecule has 1 aliphatic rings. The standard InChI is InChI=1S/C10H20N6/c1-8-6-16(9(2)5-14(8)3)7-10-11-12-13-15(10)4/h8-9H,5-7H2,1-4H3. The lowest BCUT2D eigenvalue weighted by Gasteiger charge is -2.42. The molecule has 0 bridgehead atoms. The Kier molecular flexibility index (Phi) is 3.20. The molecular formula is C10H20N6. The molecule has 0 saturated carbocycles. The van der Waals surface area contributed by atoms with Gasteiger partial charge in [0.2, 0.25) is 0 Å². The van der Waals surface area contributed by atoms with Gasteiger partial charge in [-0.05, 0) is 31.3 Å². The smallest absolute Gasteiger partial charge is 0.164 e. The molecule has 2 unspecified atom stereocenters.